The normalized spacial score (nSPS) is 14.5. The SMILES string of the molecule is Cc1ccc(N(c2ccc(C)cc2)c2cnc3c(n2)C(C)(C)c2cc(C=C4C(=O)c5cc(F)c(F)cc5C4=O)sc2-3)cc1. The van der Waals surface area contributed by atoms with E-state index in [-0.39, 0.29) is 16.7 Å². The van der Waals surface area contributed by atoms with Gasteiger partial charge in [0.1, 0.15) is 5.69 Å². The number of carbonyl (C=O) groups excluding carboxylic acids is 2. The molecule has 8 heteroatoms. The largest absolute Gasteiger partial charge is 0.294 e. The van der Waals surface area contributed by atoms with Crippen LogP contribution in [0.2, 0.25) is 0 Å². The van der Waals surface area contributed by atoms with Crippen LogP contribution in [0.5, 0.6) is 0 Å². The van der Waals surface area contributed by atoms with Crippen LogP contribution in [-0.2, 0) is 5.41 Å². The molecule has 3 aromatic carbocycles. The number of Topliss-reactive ketones (excluding diaryl/α,β-unsaturated/α-hetero) is 2. The van der Waals surface area contributed by atoms with E-state index in [1.807, 2.05) is 6.07 Å². The van der Waals surface area contributed by atoms with Crippen LogP contribution in [-0.4, -0.2) is 21.5 Å². The molecule has 2 aliphatic rings. The van der Waals surface area contributed by atoms with E-state index < -0.39 is 28.6 Å². The van der Waals surface area contributed by atoms with Crippen LogP contribution in [0.25, 0.3) is 16.6 Å². The van der Waals surface area contributed by atoms with E-state index in [0.29, 0.717) is 10.7 Å². The number of benzene rings is 3. The van der Waals surface area contributed by atoms with Crippen molar-refractivity contribution in [1.29, 1.82) is 0 Å². The third-order valence-corrected chi connectivity index (χ3v) is 9.22. The number of hydrogen-bond donors (Lipinski definition) is 0. The Balaban J connectivity index is 1.29. The highest BCUT2D eigenvalue weighted by Crippen LogP contribution is 2.52. The van der Waals surface area contributed by atoms with Gasteiger partial charge in [0, 0.05) is 32.8 Å². The Morgan fingerprint density at radius 3 is 1.88 bits per heavy atom. The molecule has 43 heavy (non-hydrogen) atoms. The predicted molar refractivity (Wildman–Crippen MR) is 165 cm³/mol. The van der Waals surface area contributed by atoms with Crippen LogP contribution >= 0.6 is 11.3 Å². The molecule has 0 fully saturated rings. The number of allylic oxidation sites excluding steroid dienone is 1. The van der Waals surface area contributed by atoms with Crippen LogP contribution in [0.4, 0.5) is 26.0 Å². The molecule has 5 nitrogen and oxygen atoms in total. The number of carbonyl (C=O) groups is 2. The summed E-state index contributed by atoms with van der Waals surface area (Å²) in [7, 11) is 0. The Hall–Kier alpha value is -4.82. The van der Waals surface area contributed by atoms with Crippen molar-refractivity contribution in [1.82, 2.24) is 9.97 Å². The first-order chi connectivity index (χ1) is 20.5. The molecule has 2 heterocycles. The number of rotatable bonds is 4. The highest BCUT2D eigenvalue weighted by Gasteiger charge is 2.41. The first kappa shape index (κ1) is 27.0. The van der Waals surface area contributed by atoms with Gasteiger partial charge in [-0.2, -0.15) is 0 Å². The molecule has 5 aromatic rings. The van der Waals surface area contributed by atoms with Crippen LogP contribution in [0.15, 0.2) is 78.5 Å². The van der Waals surface area contributed by atoms with Gasteiger partial charge < -0.3 is 0 Å². The number of fused-ring (bicyclic) bond motifs is 4. The number of thiophene rings is 1. The molecular weight excluding hydrogens is 564 g/mol. The Morgan fingerprint density at radius 2 is 1.35 bits per heavy atom. The van der Waals surface area contributed by atoms with Crippen molar-refractivity contribution in [3.05, 3.63) is 129 Å². The monoisotopic (exact) mass is 589 g/mol. The minimum absolute atomic E-state index is 0.105. The minimum Gasteiger partial charge on any atom is -0.294 e. The average Bonchev–Trinajstić information content (AvgIpc) is 3.57. The van der Waals surface area contributed by atoms with Gasteiger partial charge in [-0.3, -0.25) is 14.5 Å². The lowest BCUT2D eigenvalue weighted by Crippen LogP contribution is -2.19. The molecule has 0 atom stereocenters. The van der Waals surface area contributed by atoms with Gasteiger partial charge in [0.15, 0.2) is 29.0 Å². The van der Waals surface area contributed by atoms with Crippen molar-refractivity contribution in [2.75, 3.05) is 4.90 Å². The van der Waals surface area contributed by atoms with E-state index >= 15 is 0 Å². The van der Waals surface area contributed by atoms with E-state index in [9.17, 15) is 18.4 Å². The molecule has 7 rings (SSSR count). The highest BCUT2D eigenvalue weighted by atomic mass is 32.1. The van der Waals surface area contributed by atoms with Crippen molar-refractivity contribution >= 4 is 46.2 Å². The molecule has 0 saturated carbocycles. The van der Waals surface area contributed by atoms with Crippen molar-refractivity contribution < 1.29 is 18.4 Å². The summed E-state index contributed by atoms with van der Waals surface area (Å²) in [6.07, 6.45) is 3.28. The summed E-state index contributed by atoms with van der Waals surface area (Å²) in [5.41, 5.74) is 5.99. The summed E-state index contributed by atoms with van der Waals surface area (Å²) in [6, 6.07) is 20.1. The van der Waals surface area contributed by atoms with Gasteiger partial charge in [0.25, 0.3) is 0 Å². The van der Waals surface area contributed by atoms with Crippen molar-refractivity contribution in [2.24, 2.45) is 0 Å². The van der Waals surface area contributed by atoms with Gasteiger partial charge in [0.05, 0.1) is 22.3 Å². The summed E-state index contributed by atoms with van der Waals surface area (Å²) in [4.78, 5) is 39.6. The van der Waals surface area contributed by atoms with Gasteiger partial charge in [0.2, 0.25) is 0 Å². The molecule has 0 N–H and O–H groups in total. The molecule has 0 radical (unpaired) electrons. The van der Waals surface area contributed by atoms with E-state index in [2.05, 4.69) is 81.1 Å². The van der Waals surface area contributed by atoms with Gasteiger partial charge in [-0.05, 0) is 68.0 Å². The maximum atomic E-state index is 13.8. The first-order valence-electron chi connectivity index (χ1n) is 13.8. The minimum atomic E-state index is -1.16. The van der Waals surface area contributed by atoms with Crippen LogP contribution < -0.4 is 4.90 Å². The van der Waals surface area contributed by atoms with Gasteiger partial charge >= 0.3 is 0 Å². The van der Waals surface area contributed by atoms with Crippen molar-refractivity contribution in [3.8, 4) is 10.6 Å². The van der Waals surface area contributed by atoms with Crippen LogP contribution in [0.1, 0.15) is 61.8 Å². The molecule has 212 valence electrons. The summed E-state index contributed by atoms with van der Waals surface area (Å²) in [5, 5.41) is 0. The van der Waals surface area contributed by atoms with Crippen molar-refractivity contribution in [2.45, 2.75) is 33.1 Å². The summed E-state index contributed by atoms with van der Waals surface area (Å²) in [6.45, 7) is 8.26. The lowest BCUT2D eigenvalue weighted by Gasteiger charge is -2.26. The van der Waals surface area contributed by atoms with E-state index in [1.165, 1.54) is 17.4 Å². The number of aromatic nitrogens is 2. The molecule has 2 aliphatic carbocycles. The molecule has 0 saturated heterocycles. The smallest absolute Gasteiger partial charge is 0.197 e. The summed E-state index contributed by atoms with van der Waals surface area (Å²) >= 11 is 1.41. The first-order valence-corrected chi connectivity index (χ1v) is 14.6. The predicted octanol–water partition coefficient (Wildman–Crippen LogP) is 8.67. The van der Waals surface area contributed by atoms with Crippen LogP contribution in [0, 0.1) is 25.5 Å². The number of hydrogen-bond acceptors (Lipinski definition) is 6. The molecule has 0 unspecified atom stereocenters. The van der Waals surface area contributed by atoms with Gasteiger partial charge in [-0.1, -0.05) is 49.2 Å². The quantitative estimate of drug-likeness (QED) is 0.155. The fourth-order valence-corrected chi connectivity index (χ4v) is 6.99. The van der Waals surface area contributed by atoms with E-state index in [4.69, 9.17) is 9.97 Å². The Bertz CT molecular complexity index is 1940. The fourth-order valence-electron chi connectivity index (χ4n) is 5.73. The number of anilines is 3. The Labute approximate surface area is 251 Å². The van der Waals surface area contributed by atoms with E-state index in [0.717, 1.165) is 56.5 Å². The molecule has 0 amide bonds. The maximum absolute atomic E-state index is 13.8. The third kappa shape index (κ3) is 4.24. The van der Waals surface area contributed by atoms with E-state index in [1.54, 1.807) is 6.20 Å². The average molecular weight is 590 g/mol. The second kappa shape index (κ2) is 9.61. The molecule has 0 aliphatic heterocycles. The zero-order valence-corrected chi connectivity index (χ0v) is 24.6. The second-order valence-electron chi connectivity index (χ2n) is 11.5. The number of aryl methyl sites for hydroxylation is 2. The van der Waals surface area contributed by atoms with Crippen molar-refractivity contribution in [3.63, 3.8) is 0 Å². The third-order valence-electron chi connectivity index (χ3n) is 8.13. The fraction of sp³-hybridized carbons (Fsp3) is 0.143. The second-order valence-corrected chi connectivity index (χ2v) is 12.6. The molecule has 2 aromatic heterocycles. The molecular formula is C35H25F2N3O2S. The molecule has 0 spiro atoms. The lowest BCUT2D eigenvalue weighted by atomic mass is 9.86. The topological polar surface area (TPSA) is 63.2 Å². The standard InChI is InChI=1S/C35H25F2N3O2S/c1-18-5-9-20(10-6-18)40(21-11-7-19(2)8-12-21)29-17-38-30-33-26(35(3,4)34(30)39-29)14-22(43-33)13-25-31(41)23-15-27(36)28(37)16-24(23)32(25)42/h5-17H,1-4H3. The number of halogens is 2. The Morgan fingerprint density at radius 1 is 0.814 bits per heavy atom. The lowest BCUT2D eigenvalue weighted by molar-refractivity contribution is 0.0990. The summed E-state index contributed by atoms with van der Waals surface area (Å²) < 4.78 is 27.6. The van der Waals surface area contributed by atoms with Gasteiger partial charge in [-0.25, -0.2) is 18.7 Å². The summed E-state index contributed by atoms with van der Waals surface area (Å²) in [5.74, 6) is -2.84. The zero-order chi connectivity index (χ0) is 30.2. The Kier molecular flexibility index (Phi) is 6.04. The number of ketones is 2. The van der Waals surface area contributed by atoms with Gasteiger partial charge in [-0.15, -0.1) is 11.3 Å². The number of nitrogens with zero attached hydrogens (tertiary/aromatic N) is 3. The maximum Gasteiger partial charge on any atom is 0.197 e. The zero-order valence-electron chi connectivity index (χ0n) is 23.8. The van der Waals surface area contributed by atoms with Crippen LogP contribution in [0.3, 0.4) is 0 Å². The molecule has 0 bridgehead atoms. The highest BCUT2D eigenvalue weighted by molar-refractivity contribution is 7.16.